The highest BCUT2D eigenvalue weighted by atomic mass is 35.5. The van der Waals surface area contributed by atoms with Gasteiger partial charge < -0.3 is 0 Å². The molecule has 0 saturated carbocycles. The monoisotopic (exact) mass is 360 g/mol. The van der Waals surface area contributed by atoms with Crippen molar-refractivity contribution in [3.05, 3.63) is 74.1 Å². The largest absolute Gasteiger partial charge is 0.224 e. The van der Waals surface area contributed by atoms with E-state index in [0.717, 1.165) is 5.41 Å². The van der Waals surface area contributed by atoms with Crippen molar-refractivity contribution >= 4 is 50.7 Å². The lowest BCUT2D eigenvalue weighted by atomic mass is 10.2. The number of halogens is 3. The van der Waals surface area contributed by atoms with Gasteiger partial charge in [0.05, 0.1) is 5.75 Å². The molecule has 0 bridgehead atoms. The summed E-state index contributed by atoms with van der Waals surface area (Å²) in [4.78, 5) is 0. The summed E-state index contributed by atoms with van der Waals surface area (Å²) < 4.78 is 24.1. The second-order valence-electron chi connectivity index (χ2n) is 4.40. The van der Waals surface area contributed by atoms with E-state index >= 15 is 0 Å². The predicted octanol–water partition coefficient (Wildman–Crippen LogP) is 5.23. The van der Waals surface area contributed by atoms with Crippen molar-refractivity contribution in [3.63, 3.8) is 0 Å². The molecule has 0 N–H and O–H groups in total. The molecule has 0 aliphatic heterocycles. The highest BCUT2D eigenvalue weighted by Crippen LogP contribution is 2.22. The predicted molar refractivity (Wildman–Crippen MR) is 89.6 cm³/mol. The van der Waals surface area contributed by atoms with Gasteiger partial charge in [-0.25, -0.2) is 8.42 Å². The molecule has 0 amide bonds. The summed E-state index contributed by atoms with van der Waals surface area (Å²) in [6.45, 7) is 0. The Morgan fingerprint density at radius 3 is 2.14 bits per heavy atom. The minimum atomic E-state index is -3.39. The highest BCUT2D eigenvalue weighted by molar-refractivity contribution is 7.93. The van der Waals surface area contributed by atoms with Crippen LogP contribution in [-0.4, -0.2) is 8.42 Å². The zero-order valence-electron chi connectivity index (χ0n) is 10.8. The SMILES string of the molecule is O=S(=O)(C=Cc1ccc(Cl)cc1Cl)Cc1ccc(Cl)cc1. The number of benzene rings is 2. The van der Waals surface area contributed by atoms with Gasteiger partial charge in [0.25, 0.3) is 0 Å². The lowest BCUT2D eigenvalue weighted by Crippen LogP contribution is -1.99. The molecular weight excluding hydrogens is 351 g/mol. The minimum absolute atomic E-state index is 0.0914. The average molecular weight is 362 g/mol. The second-order valence-corrected chi connectivity index (χ2v) is 7.57. The summed E-state index contributed by atoms with van der Waals surface area (Å²) in [5, 5.41) is 2.62. The number of hydrogen-bond acceptors (Lipinski definition) is 2. The summed E-state index contributed by atoms with van der Waals surface area (Å²) in [6, 6.07) is 11.6. The lowest BCUT2D eigenvalue weighted by molar-refractivity contribution is 0.604. The first kappa shape index (κ1) is 16.4. The Morgan fingerprint density at radius 1 is 0.905 bits per heavy atom. The van der Waals surface area contributed by atoms with Crippen LogP contribution in [-0.2, 0) is 15.6 Å². The molecule has 2 nitrogen and oxygen atoms in total. The van der Waals surface area contributed by atoms with Gasteiger partial charge in [0.2, 0.25) is 0 Å². The van der Waals surface area contributed by atoms with E-state index in [9.17, 15) is 8.42 Å². The molecule has 0 saturated heterocycles. The zero-order valence-corrected chi connectivity index (χ0v) is 13.8. The first-order chi connectivity index (χ1) is 9.85. The Morgan fingerprint density at radius 2 is 1.52 bits per heavy atom. The maximum absolute atomic E-state index is 12.0. The molecule has 2 aromatic rings. The van der Waals surface area contributed by atoms with Crippen LogP contribution in [0, 0.1) is 0 Å². The lowest BCUT2D eigenvalue weighted by Gasteiger charge is -2.01. The molecule has 2 aromatic carbocycles. The van der Waals surface area contributed by atoms with Gasteiger partial charge in [0.15, 0.2) is 9.84 Å². The standard InChI is InChI=1S/C15H11Cl3O2S/c16-13-4-1-11(2-5-13)10-21(19,20)8-7-12-3-6-14(17)9-15(12)18/h1-9H,10H2. The Kier molecular flexibility index (Phi) is 5.33. The molecule has 6 heteroatoms. The van der Waals surface area contributed by atoms with Gasteiger partial charge in [-0.15, -0.1) is 0 Å². The summed E-state index contributed by atoms with van der Waals surface area (Å²) in [5.41, 5.74) is 1.27. The van der Waals surface area contributed by atoms with Crippen molar-refractivity contribution in [2.24, 2.45) is 0 Å². The van der Waals surface area contributed by atoms with Crippen LogP contribution in [0.25, 0.3) is 6.08 Å². The van der Waals surface area contributed by atoms with Gasteiger partial charge in [-0.3, -0.25) is 0 Å². The average Bonchev–Trinajstić information content (AvgIpc) is 2.40. The Bertz CT molecular complexity index is 766. The Balaban J connectivity index is 2.16. The van der Waals surface area contributed by atoms with Gasteiger partial charge in [-0.05, 0) is 41.5 Å². The third kappa shape index (κ3) is 5.04. The van der Waals surface area contributed by atoms with Gasteiger partial charge in [0.1, 0.15) is 0 Å². The first-order valence-electron chi connectivity index (χ1n) is 5.96. The molecule has 0 heterocycles. The molecule has 0 spiro atoms. The van der Waals surface area contributed by atoms with Crippen LogP contribution in [0.1, 0.15) is 11.1 Å². The van der Waals surface area contributed by atoms with E-state index in [1.165, 1.54) is 6.08 Å². The summed E-state index contributed by atoms with van der Waals surface area (Å²) in [6.07, 6.45) is 1.46. The van der Waals surface area contributed by atoms with Crippen LogP contribution in [0.5, 0.6) is 0 Å². The fourth-order valence-electron chi connectivity index (χ4n) is 1.67. The van der Waals surface area contributed by atoms with Crippen molar-refractivity contribution < 1.29 is 8.42 Å². The number of hydrogen-bond donors (Lipinski definition) is 0. The van der Waals surface area contributed by atoms with Crippen molar-refractivity contribution in [1.29, 1.82) is 0 Å². The summed E-state index contributed by atoms with van der Waals surface area (Å²) >= 11 is 17.5. The Labute approximate surface area is 138 Å². The first-order valence-corrected chi connectivity index (χ1v) is 8.81. The zero-order chi connectivity index (χ0) is 15.5. The Hall–Kier alpha value is -1.00. The van der Waals surface area contributed by atoms with E-state index < -0.39 is 9.84 Å². The van der Waals surface area contributed by atoms with E-state index in [2.05, 4.69) is 0 Å². The molecule has 21 heavy (non-hydrogen) atoms. The van der Waals surface area contributed by atoms with Crippen LogP contribution in [0.3, 0.4) is 0 Å². The molecule has 0 aliphatic carbocycles. The maximum Gasteiger partial charge on any atom is 0.175 e. The van der Waals surface area contributed by atoms with Crippen molar-refractivity contribution in [3.8, 4) is 0 Å². The number of rotatable bonds is 4. The van der Waals surface area contributed by atoms with Crippen LogP contribution >= 0.6 is 34.8 Å². The topological polar surface area (TPSA) is 34.1 Å². The molecule has 110 valence electrons. The van der Waals surface area contributed by atoms with E-state index in [1.54, 1.807) is 42.5 Å². The van der Waals surface area contributed by atoms with Crippen LogP contribution < -0.4 is 0 Å². The van der Waals surface area contributed by atoms with Gasteiger partial charge in [-0.1, -0.05) is 53.0 Å². The maximum atomic E-state index is 12.0. The normalized spacial score (nSPS) is 12.0. The molecule has 0 aliphatic rings. The van der Waals surface area contributed by atoms with E-state index in [-0.39, 0.29) is 5.75 Å². The van der Waals surface area contributed by atoms with Gasteiger partial charge in [0, 0.05) is 20.5 Å². The van der Waals surface area contributed by atoms with Crippen LogP contribution in [0.15, 0.2) is 47.9 Å². The molecule has 0 fully saturated rings. The quantitative estimate of drug-likeness (QED) is 0.747. The minimum Gasteiger partial charge on any atom is -0.224 e. The summed E-state index contributed by atoms with van der Waals surface area (Å²) in [7, 11) is -3.39. The van der Waals surface area contributed by atoms with Crippen LogP contribution in [0.4, 0.5) is 0 Å². The summed E-state index contributed by atoms with van der Waals surface area (Å²) in [5.74, 6) is -0.0914. The van der Waals surface area contributed by atoms with E-state index in [4.69, 9.17) is 34.8 Å². The van der Waals surface area contributed by atoms with Crippen LogP contribution in [0.2, 0.25) is 15.1 Å². The van der Waals surface area contributed by atoms with Crippen molar-refractivity contribution in [2.45, 2.75) is 5.75 Å². The van der Waals surface area contributed by atoms with Crippen molar-refractivity contribution in [2.75, 3.05) is 0 Å². The third-order valence-corrected chi connectivity index (χ3v) is 4.80. The fraction of sp³-hybridized carbons (Fsp3) is 0.0667. The third-order valence-electron chi connectivity index (χ3n) is 2.70. The van der Waals surface area contributed by atoms with E-state index in [1.807, 2.05) is 0 Å². The smallest absolute Gasteiger partial charge is 0.175 e. The molecule has 2 rings (SSSR count). The molecular formula is C15H11Cl3O2S. The fourth-order valence-corrected chi connectivity index (χ4v) is 3.38. The highest BCUT2D eigenvalue weighted by Gasteiger charge is 2.08. The molecule has 0 unspecified atom stereocenters. The van der Waals surface area contributed by atoms with E-state index in [0.29, 0.717) is 26.2 Å². The second kappa shape index (κ2) is 6.84. The van der Waals surface area contributed by atoms with Gasteiger partial charge in [-0.2, -0.15) is 0 Å². The number of sulfone groups is 1. The molecule has 0 radical (unpaired) electrons. The molecule has 0 atom stereocenters. The van der Waals surface area contributed by atoms with Crippen molar-refractivity contribution in [1.82, 2.24) is 0 Å². The molecule has 0 aromatic heterocycles. The van der Waals surface area contributed by atoms with Gasteiger partial charge >= 0.3 is 0 Å².